The molecule has 1 aliphatic heterocycles. The fourth-order valence-electron chi connectivity index (χ4n) is 1.59. The molecule has 0 unspecified atom stereocenters. The lowest BCUT2D eigenvalue weighted by molar-refractivity contribution is -0.128. The van der Waals surface area contributed by atoms with E-state index in [2.05, 4.69) is 5.32 Å². The van der Waals surface area contributed by atoms with Gasteiger partial charge >= 0.3 is 0 Å². The predicted octanol–water partition coefficient (Wildman–Crippen LogP) is 1.48. The fourth-order valence-corrected chi connectivity index (χ4v) is 1.59. The predicted molar refractivity (Wildman–Crippen MR) is 57.3 cm³/mol. The van der Waals surface area contributed by atoms with Crippen molar-refractivity contribution < 1.29 is 9.53 Å². The lowest BCUT2D eigenvalue weighted by Crippen LogP contribution is -2.48. The molecule has 3 nitrogen and oxygen atoms in total. The summed E-state index contributed by atoms with van der Waals surface area (Å²) in [6, 6.07) is 10.4. The van der Waals surface area contributed by atoms with Crippen molar-refractivity contribution in [2.45, 2.75) is 25.5 Å². The van der Waals surface area contributed by atoms with Gasteiger partial charge in [-0.1, -0.05) is 30.3 Å². The van der Waals surface area contributed by atoms with Crippen LogP contribution in [0.25, 0.3) is 0 Å². The van der Waals surface area contributed by atoms with E-state index in [1.54, 1.807) is 0 Å². The minimum absolute atomic E-state index is 0.156. The smallest absolute Gasteiger partial charge is 0.222 e. The number of ether oxygens (including phenoxy) is 1. The van der Waals surface area contributed by atoms with E-state index < -0.39 is 0 Å². The molecule has 1 aromatic rings. The molecule has 1 N–H and O–H groups in total. The van der Waals surface area contributed by atoms with Crippen LogP contribution in [0.2, 0.25) is 0 Å². The van der Waals surface area contributed by atoms with E-state index >= 15 is 0 Å². The van der Waals surface area contributed by atoms with Gasteiger partial charge in [0.25, 0.3) is 0 Å². The first-order chi connectivity index (χ1) is 7.34. The molecule has 1 saturated heterocycles. The monoisotopic (exact) mass is 205 g/mol. The zero-order chi connectivity index (χ0) is 10.5. The lowest BCUT2D eigenvalue weighted by atomic mass is 10.0. The molecule has 0 aromatic heterocycles. The Morgan fingerprint density at radius 2 is 2.07 bits per heavy atom. The maximum atomic E-state index is 10.6. The first-order valence-corrected chi connectivity index (χ1v) is 5.25. The van der Waals surface area contributed by atoms with Crippen LogP contribution in [-0.4, -0.2) is 18.6 Å². The number of carbonyl (C=O) groups is 1. The molecule has 0 radical (unpaired) electrons. The van der Waals surface area contributed by atoms with Gasteiger partial charge in [0.2, 0.25) is 5.91 Å². The first-order valence-electron chi connectivity index (χ1n) is 5.25. The normalized spacial score (nSPS) is 19.5. The number of carbonyl (C=O) groups excluding carboxylic acids is 1. The zero-order valence-electron chi connectivity index (χ0n) is 8.61. The summed E-state index contributed by atoms with van der Waals surface area (Å²) >= 11 is 0. The van der Waals surface area contributed by atoms with Crippen molar-refractivity contribution in [1.29, 1.82) is 0 Å². The summed E-state index contributed by atoms with van der Waals surface area (Å²) < 4.78 is 5.51. The van der Waals surface area contributed by atoms with Crippen molar-refractivity contribution in [1.82, 2.24) is 5.32 Å². The van der Waals surface area contributed by atoms with Crippen molar-refractivity contribution in [2.75, 3.05) is 6.61 Å². The van der Waals surface area contributed by atoms with Crippen LogP contribution in [0.15, 0.2) is 30.3 Å². The quantitative estimate of drug-likeness (QED) is 0.584. The van der Waals surface area contributed by atoms with E-state index in [9.17, 15) is 4.79 Å². The van der Waals surface area contributed by atoms with Crippen LogP contribution in [-0.2, 0) is 16.1 Å². The minimum atomic E-state index is 0.156. The molecule has 1 aromatic carbocycles. The molecule has 0 aliphatic carbocycles. The fraction of sp³-hybridized carbons (Fsp3) is 0.417. The van der Waals surface area contributed by atoms with Crippen LogP contribution in [0.5, 0.6) is 0 Å². The Morgan fingerprint density at radius 1 is 1.33 bits per heavy atom. The summed E-state index contributed by atoms with van der Waals surface area (Å²) in [6.45, 7) is 1.36. The van der Waals surface area contributed by atoms with E-state index in [1.165, 1.54) is 5.56 Å². The van der Waals surface area contributed by atoms with Gasteiger partial charge in [-0.3, -0.25) is 4.79 Å². The Morgan fingerprint density at radius 3 is 2.73 bits per heavy atom. The highest BCUT2D eigenvalue weighted by Gasteiger charge is 2.24. The molecule has 0 saturated carbocycles. The molecule has 80 valence electrons. The summed E-state index contributed by atoms with van der Waals surface area (Å²) in [4.78, 5) is 10.6. The number of hydrogen-bond donors (Lipinski definition) is 1. The summed E-state index contributed by atoms with van der Waals surface area (Å²) in [5.74, 6) is 0.156. The number of nitrogens with one attached hydrogen (secondary N) is 1. The van der Waals surface area contributed by atoms with E-state index in [-0.39, 0.29) is 5.91 Å². The molecule has 1 aliphatic rings. The highest BCUT2D eigenvalue weighted by atomic mass is 16.5. The summed E-state index contributed by atoms with van der Waals surface area (Å²) in [6.07, 6.45) is 1.58. The number of benzene rings is 1. The molecule has 1 heterocycles. The average Bonchev–Trinajstić information content (AvgIpc) is 2.23. The van der Waals surface area contributed by atoms with Crippen LogP contribution in [0, 0.1) is 0 Å². The molecule has 2 rings (SSSR count). The second kappa shape index (κ2) is 4.94. The Bertz CT molecular complexity index is 316. The molecule has 1 fully saturated rings. The van der Waals surface area contributed by atoms with Gasteiger partial charge < -0.3 is 10.1 Å². The van der Waals surface area contributed by atoms with Gasteiger partial charge in [0.1, 0.15) is 0 Å². The Balaban J connectivity index is 1.57. The number of rotatable bonds is 5. The van der Waals surface area contributed by atoms with E-state index in [4.69, 9.17) is 4.74 Å². The van der Waals surface area contributed by atoms with Crippen LogP contribution in [0.3, 0.4) is 0 Å². The van der Waals surface area contributed by atoms with E-state index in [0.717, 1.165) is 6.42 Å². The van der Waals surface area contributed by atoms with Crippen LogP contribution in [0.4, 0.5) is 0 Å². The van der Waals surface area contributed by atoms with Crippen LogP contribution >= 0.6 is 0 Å². The standard InChI is InChI=1S/C12H15NO2/c14-12-8-11(13-12)6-7-15-9-10-4-2-1-3-5-10/h1-5,11H,6-9H2,(H,13,14)/t11-/m0/s1. The van der Waals surface area contributed by atoms with Gasteiger partial charge in [0.05, 0.1) is 6.61 Å². The van der Waals surface area contributed by atoms with Crippen molar-refractivity contribution in [3.05, 3.63) is 35.9 Å². The van der Waals surface area contributed by atoms with Crippen molar-refractivity contribution in [3.8, 4) is 0 Å². The molecule has 15 heavy (non-hydrogen) atoms. The Hall–Kier alpha value is -1.35. The number of amides is 1. The van der Waals surface area contributed by atoms with Crippen molar-refractivity contribution >= 4 is 5.91 Å². The van der Waals surface area contributed by atoms with Crippen molar-refractivity contribution in [3.63, 3.8) is 0 Å². The molecular formula is C12H15NO2. The maximum absolute atomic E-state index is 10.6. The first kappa shape index (κ1) is 10.2. The van der Waals surface area contributed by atoms with Gasteiger partial charge in [-0.25, -0.2) is 0 Å². The number of β-lactam (4-membered cyclic amide) rings is 1. The SMILES string of the molecule is O=C1C[C@H](CCOCc2ccccc2)N1. The van der Waals surface area contributed by atoms with Gasteiger partial charge in [-0.05, 0) is 12.0 Å². The van der Waals surface area contributed by atoms with Gasteiger partial charge in [-0.15, -0.1) is 0 Å². The summed E-state index contributed by atoms with van der Waals surface area (Å²) in [5.41, 5.74) is 1.19. The van der Waals surface area contributed by atoms with Crippen molar-refractivity contribution in [2.24, 2.45) is 0 Å². The summed E-state index contributed by atoms with van der Waals surface area (Å²) in [7, 11) is 0. The van der Waals surface area contributed by atoms with Crippen LogP contribution in [0.1, 0.15) is 18.4 Å². The lowest BCUT2D eigenvalue weighted by Gasteiger charge is -2.26. The molecule has 0 bridgehead atoms. The zero-order valence-corrected chi connectivity index (χ0v) is 8.61. The molecule has 1 amide bonds. The second-order valence-electron chi connectivity index (χ2n) is 3.80. The molecular weight excluding hydrogens is 190 g/mol. The third kappa shape index (κ3) is 3.06. The Kier molecular flexibility index (Phi) is 3.35. The second-order valence-corrected chi connectivity index (χ2v) is 3.80. The minimum Gasteiger partial charge on any atom is -0.377 e. The largest absolute Gasteiger partial charge is 0.377 e. The summed E-state index contributed by atoms with van der Waals surface area (Å²) in [5, 5.41) is 2.82. The van der Waals surface area contributed by atoms with Gasteiger partial charge in [0, 0.05) is 19.1 Å². The van der Waals surface area contributed by atoms with Crippen LogP contribution < -0.4 is 5.32 Å². The molecule has 1 atom stereocenters. The molecule has 0 spiro atoms. The number of hydrogen-bond acceptors (Lipinski definition) is 2. The highest BCUT2D eigenvalue weighted by molar-refractivity contribution is 5.82. The van der Waals surface area contributed by atoms with E-state index in [0.29, 0.717) is 25.7 Å². The van der Waals surface area contributed by atoms with Gasteiger partial charge in [-0.2, -0.15) is 0 Å². The maximum Gasteiger partial charge on any atom is 0.222 e. The highest BCUT2D eigenvalue weighted by Crippen LogP contribution is 2.09. The Labute approximate surface area is 89.4 Å². The average molecular weight is 205 g/mol. The van der Waals surface area contributed by atoms with Gasteiger partial charge in [0.15, 0.2) is 0 Å². The van der Waals surface area contributed by atoms with E-state index in [1.807, 2.05) is 30.3 Å². The topological polar surface area (TPSA) is 38.3 Å². The third-order valence-electron chi connectivity index (χ3n) is 2.52. The molecule has 3 heteroatoms. The third-order valence-corrected chi connectivity index (χ3v) is 2.52.